The van der Waals surface area contributed by atoms with Gasteiger partial charge in [0.15, 0.2) is 0 Å². The summed E-state index contributed by atoms with van der Waals surface area (Å²) in [7, 11) is 0. The summed E-state index contributed by atoms with van der Waals surface area (Å²) in [5.74, 6) is 5.56. The van der Waals surface area contributed by atoms with Gasteiger partial charge >= 0.3 is 0 Å². The lowest BCUT2D eigenvalue weighted by molar-refractivity contribution is 0.0476. The largest absolute Gasteiger partial charge is 0.377 e. The first-order valence-corrected chi connectivity index (χ1v) is 6.29. The third kappa shape index (κ3) is 3.87. The van der Waals surface area contributed by atoms with E-state index in [1.165, 1.54) is 5.56 Å². The highest BCUT2D eigenvalue weighted by Crippen LogP contribution is 2.18. The van der Waals surface area contributed by atoms with E-state index in [2.05, 4.69) is 27.4 Å². The van der Waals surface area contributed by atoms with Crippen LogP contribution in [0, 0.1) is 0 Å². The molecule has 3 N–H and O–H groups in total. The number of hydrazine groups is 1. The van der Waals surface area contributed by atoms with E-state index in [-0.39, 0.29) is 12.1 Å². The van der Waals surface area contributed by atoms with Gasteiger partial charge in [0.25, 0.3) is 0 Å². The highest BCUT2D eigenvalue weighted by Gasteiger charge is 2.17. The lowest BCUT2D eigenvalue weighted by Gasteiger charge is -2.23. The van der Waals surface area contributed by atoms with Crippen LogP contribution in [0.4, 0.5) is 0 Å². The normalized spacial score (nSPS) is 14.8. The maximum Gasteiger partial charge on any atom is 0.0716 e. The van der Waals surface area contributed by atoms with Gasteiger partial charge in [-0.3, -0.25) is 11.3 Å². The topological polar surface area (TPSA) is 47.3 Å². The second-order valence-corrected chi connectivity index (χ2v) is 4.58. The van der Waals surface area contributed by atoms with Crippen LogP contribution in [0.2, 0.25) is 0 Å². The number of halogens is 1. The third-order valence-corrected chi connectivity index (χ3v) is 3.38. The van der Waals surface area contributed by atoms with Crippen molar-refractivity contribution in [3.05, 3.63) is 34.3 Å². The van der Waals surface area contributed by atoms with Crippen molar-refractivity contribution in [2.45, 2.75) is 32.4 Å². The molecule has 16 heavy (non-hydrogen) atoms. The predicted octanol–water partition coefficient (Wildman–Crippen LogP) is 2.25. The van der Waals surface area contributed by atoms with Crippen molar-refractivity contribution in [3.8, 4) is 0 Å². The Kier molecular flexibility index (Phi) is 5.98. The third-order valence-electron chi connectivity index (χ3n) is 2.61. The van der Waals surface area contributed by atoms with Gasteiger partial charge in [0.2, 0.25) is 0 Å². The molecule has 0 amide bonds. The molecule has 0 radical (unpaired) electrons. The monoisotopic (exact) mass is 286 g/mol. The molecule has 0 aromatic heterocycles. The SMILES string of the molecule is CCOC(C)C(Cc1ccccc1Br)NN. The lowest BCUT2D eigenvalue weighted by atomic mass is 10.0. The first kappa shape index (κ1) is 13.6. The van der Waals surface area contributed by atoms with Crippen LogP contribution in [-0.2, 0) is 11.2 Å². The summed E-state index contributed by atoms with van der Waals surface area (Å²) in [6, 6.07) is 8.28. The minimum atomic E-state index is 0.0992. The smallest absolute Gasteiger partial charge is 0.0716 e. The summed E-state index contributed by atoms with van der Waals surface area (Å²) >= 11 is 3.53. The zero-order valence-corrected chi connectivity index (χ0v) is 11.3. The molecule has 1 rings (SSSR count). The number of hydrogen-bond acceptors (Lipinski definition) is 3. The molecule has 0 saturated carbocycles. The van der Waals surface area contributed by atoms with Crippen LogP contribution in [0.5, 0.6) is 0 Å². The molecular weight excluding hydrogens is 268 g/mol. The van der Waals surface area contributed by atoms with Gasteiger partial charge in [-0.25, -0.2) is 0 Å². The van der Waals surface area contributed by atoms with Crippen molar-refractivity contribution in [1.29, 1.82) is 0 Å². The molecule has 0 aliphatic rings. The molecule has 0 bridgehead atoms. The average molecular weight is 287 g/mol. The average Bonchev–Trinajstić information content (AvgIpc) is 2.28. The van der Waals surface area contributed by atoms with Crippen molar-refractivity contribution in [2.75, 3.05) is 6.61 Å². The Balaban J connectivity index is 2.66. The number of nitrogens with one attached hydrogen (secondary N) is 1. The van der Waals surface area contributed by atoms with E-state index in [9.17, 15) is 0 Å². The van der Waals surface area contributed by atoms with Crippen molar-refractivity contribution >= 4 is 15.9 Å². The van der Waals surface area contributed by atoms with Gasteiger partial charge in [-0.15, -0.1) is 0 Å². The molecule has 2 unspecified atom stereocenters. The van der Waals surface area contributed by atoms with Gasteiger partial charge in [-0.2, -0.15) is 0 Å². The van der Waals surface area contributed by atoms with Gasteiger partial charge in [0.1, 0.15) is 0 Å². The second kappa shape index (κ2) is 7.01. The van der Waals surface area contributed by atoms with Crippen LogP contribution in [0.15, 0.2) is 28.7 Å². The van der Waals surface area contributed by atoms with Crippen molar-refractivity contribution in [1.82, 2.24) is 5.43 Å². The molecule has 4 heteroatoms. The fourth-order valence-corrected chi connectivity index (χ4v) is 2.09. The molecule has 1 aromatic rings. The summed E-state index contributed by atoms with van der Waals surface area (Å²) in [4.78, 5) is 0. The zero-order chi connectivity index (χ0) is 12.0. The van der Waals surface area contributed by atoms with Crippen LogP contribution in [0.1, 0.15) is 19.4 Å². The Morgan fingerprint density at radius 3 is 2.69 bits per heavy atom. The van der Waals surface area contributed by atoms with E-state index in [0.29, 0.717) is 6.61 Å². The molecule has 0 heterocycles. The number of rotatable bonds is 6. The molecule has 0 fully saturated rings. The van der Waals surface area contributed by atoms with Crippen LogP contribution in [0.25, 0.3) is 0 Å². The summed E-state index contributed by atoms with van der Waals surface area (Å²) in [5, 5.41) is 0. The number of nitrogens with two attached hydrogens (primary N) is 1. The fourth-order valence-electron chi connectivity index (χ4n) is 1.64. The van der Waals surface area contributed by atoms with E-state index >= 15 is 0 Å². The quantitative estimate of drug-likeness (QED) is 0.623. The summed E-state index contributed by atoms with van der Waals surface area (Å²) < 4.78 is 6.66. The van der Waals surface area contributed by atoms with Crippen molar-refractivity contribution in [2.24, 2.45) is 5.84 Å². The van der Waals surface area contributed by atoms with Crippen LogP contribution in [0.3, 0.4) is 0 Å². The summed E-state index contributed by atoms with van der Waals surface area (Å²) in [6.07, 6.45) is 0.945. The van der Waals surface area contributed by atoms with Crippen LogP contribution in [-0.4, -0.2) is 18.8 Å². The van der Waals surface area contributed by atoms with Gasteiger partial charge in [-0.1, -0.05) is 34.1 Å². The van der Waals surface area contributed by atoms with E-state index in [1.54, 1.807) is 0 Å². The first-order valence-electron chi connectivity index (χ1n) is 5.50. The molecule has 0 aliphatic heterocycles. The summed E-state index contributed by atoms with van der Waals surface area (Å²) in [6.45, 7) is 4.72. The van der Waals surface area contributed by atoms with Crippen molar-refractivity contribution < 1.29 is 4.74 Å². The molecule has 0 spiro atoms. The highest BCUT2D eigenvalue weighted by atomic mass is 79.9. The fraction of sp³-hybridized carbons (Fsp3) is 0.500. The minimum absolute atomic E-state index is 0.0992. The molecule has 3 nitrogen and oxygen atoms in total. The Bertz CT molecular complexity index is 320. The number of benzene rings is 1. The Morgan fingerprint density at radius 2 is 2.12 bits per heavy atom. The van der Waals surface area contributed by atoms with Crippen molar-refractivity contribution in [3.63, 3.8) is 0 Å². The molecule has 0 aliphatic carbocycles. The van der Waals surface area contributed by atoms with Gasteiger partial charge in [0, 0.05) is 11.1 Å². The maximum absolute atomic E-state index is 5.56. The lowest BCUT2D eigenvalue weighted by Crippen LogP contribution is -2.45. The van der Waals surface area contributed by atoms with E-state index in [1.807, 2.05) is 32.0 Å². The van der Waals surface area contributed by atoms with E-state index in [4.69, 9.17) is 10.6 Å². The van der Waals surface area contributed by atoms with Crippen LogP contribution >= 0.6 is 15.9 Å². The number of ether oxygens (including phenoxy) is 1. The number of hydrogen-bond donors (Lipinski definition) is 2. The second-order valence-electron chi connectivity index (χ2n) is 3.73. The predicted molar refractivity (Wildman–Crippen MR) is 70.0 cm³/mol. The zero-order valence-electron chi connectivity index (χ0n) is 9.74. The van der Waals surface area contributed by atoms with E-state index in [0.717, 1.165) is 10.9 Å². The Hall–Kier alpha value is -0.420. The maximum atomic E-state index is 5.56. The van der Waals surface area contributed by atoms with Gasteiger partial charge in [0.05, 0.1) is 12.1 Å². The first-order chi connectivity index (χ1) is 7.69. The van der Waals surface area contributed by atoms with E-state index < -0.39 is 0 Å². The Morgan fingerprint density at radius 1 is 1.44 bits per heavy atom. The Labute approximate surface area is 105 Å². The highest BCUT2D eigenvalue weighted by molar-refractivity contribution is 9.10. The summed E-state index contributed by atoms with van der Waals surface area (Å²) in [5.41, 5.74) is 4.05. The molecule has 2 atom stereocenters. The molecular formula is C12H19BrN2O. The minimum Gasteiger partial charge on any atom is -0.377 e. The standard InChI is InChI=1S/C12H19BrN2O/c1-3-16-9(2)12(15-14)8-10-6-4-5-7-11(10)13/h4-7,9,12,15H,3,8,14H2,1-2H3. The van der Waals surface area contributed by atoms with Crippen LogP contribution < -0.4 is 11.3 Å². The molecule has 0 saturated heterocycles. The molecule has 1 aromatic carbocycles. The molecule has 90 valence electrons. The van der Waals surface area contributed by atoms with Gasteiger partial charge < -0.3 is 4.74 Å². The van der Waals surface area contributed by atoms with Gasteiger partial charge in [-0.05, 0) is 31.9 Å².